The number of aryl methyl sites for hydroxylation is 1. The van der Waals surface area contributed by atoms with E-state index in [1.54, 1.807) is 6.92 Å². The van der Waals surface area contributed by atoms with Crippen molar-refractivity contribution >= 4 is 11.4 Å². The molecule has 3 nitrogen and oxygen atoms in total. The average molecular weight is 256 g/mol. The van der Waals surface area contributed by atoms with Gasteiger partial charge in [-0.25, -0.2) is 0 Å². The fourth-order valence-electron chi connectivity index (χ4n) is 2.04. The highest BCUT2D eigenvalue weighted by atomic mass is 16.3. The third-order valence-corrected chi connectivity index (χ3v) is 3.50. The fraction of sp³-hybridized carbons (Fsp3) is 0.250. The molecular formula is C16H20N2O. The van der Waals surface area contributed by atoms with Gasteiger partial charge in [0.25, 0.3) is 0 Å². The summed E-state index contributed by atoms with van der Waals surface area (Å²) < 4.78 is 0. The van der Waals surface area contributed by atoms with E-state index in [-0.39, 0.29) is 0 Å². The zero-order valence-corrected chi connectivity index (χ0v) is 11.6. The smallest absolute Gasteiger partial charge is 0.159 e. The number of benzene rings is 2. The molecule has 0 amide bonds. The van der Waals surface area contributed by atoms with E-state index in [0.717, 1.165) is 22.4 Å². The molecule has 0 aliphatic carbocycles. The second kappa shape index (κ2) is 4.94. The molecule has 2 aromatic rings. The Morgan fingerprint density at radius 3 is 2.32 bits per heavy atom. The average Bonchev–Trinajstić information content (AvgIpc) is 2.40. The molecule has 1 atom stereocenters. The first-order valence-electron chi connectivity index (χ1n) is 6.33. The van der Waals surface area contributed by atoms with Gasteiger partial charge in [0.05, 0.1) is 11.4 Å². The number of nitrogens with one attached hydrogen (secondary N) is 1. The lowest BCUT2D eigenvalue weighted by Gasteiger charge is -2.28. The Labute approximate surface area is 114 Å². The molecule has 0 heterocycles. The summed E-state index contributed by atoms with van der Waals surface area (Å²) >= 11 is 0. The van der Waals surface area contributed by atoms with Crippen LogP contribution in [-0.4, -0.2) is 5.11 Å². The molecule has 1 unspecified atom stereocenters. The molecule has 19 heavy (non-hydrogen) atoms. The maximum atomic E-state index is 10.6. The van der Waals surface area contributed by atoms with Crippen molar-refractivity contribution in [2.24, 2.45) is 0 Å². The van der Waals surface area contributed by atoms with E-state index in [4.69, 9.17) is 5.73 Å². The van der Waals surface area contributed by atoms with Gasteiger partial charge in [-0.15, -0.1) is 0 Å². The summed E-state index contributed by atoms with van der Waals surface area (Å²) in [5.74, 6) is 0. The first-order chi connectivity index (χ1) is 8.92. The summed E-state index contributed by atoms with van der Waals surface area (Å²) in [6, 6.07) is 13.4. The number of anilines is 2. The second-order valence-corrected chi connectivity index (χ2v) is 5.03. The van der Waals surface area contributed by atoms with Crippen molar-refractivity contribution < 1.29 is 5.11 Å². The molecule has 100 valence electrons. The topological polar surface area (TPSA) is 58.3 Å². The van der Waals surface area contributed by atoms with Gasteiger partial charge >= 0.3 is 0 Å². The SMILES string of the molecule is Cc1ccc(NC(C)(O)c2ccccc2)c(N)c1C. The summed E-state index contributed by atoms with van der Waals surface area (Å²) in [5.41, 5.74) is 9.34. The monoisotopic (exact) mass is 256 g/mol. The minimum atomic E-state index is -1.16. The highest BCUT2D eigenvalue weighted by Crippen LogP contribution is 2.30. The Bertz CT molecular complexity index is 577. The molecule has 0 aliphatic heterocycles. The molecule has 0 saturated carbocycles. The van der Waals surface area contributed by atoms with Crippen molar-refractivity contribution in [2.45, 2.75) is 26.5 Å². The number of hydrogen-bond donors (Lipinski definition) is 3. The minimum absolute atomic E-state index is 0.677. The maximum Gasteiger partial charge on any atom is 0.159 e. The Balaban J connectivity index is 2.33. The second-order valence-electron chi connectivity index (χ2n) is 5.03. The molecule has 2 rings (SSSR count). The molecule has 0 spiro atoms. The van der Waals surface area contributed by atoms with Gasteiger partial charge in [0.1, 0.15) is 0 Å². The standard InChI is InChI=1S/C16H20N2O/c1-11-9-10-14(15(17)12(11)2)18-16(3,19)13-7-5-4-6-8-13/h4-10,18-19H,17H2,1-3H3. The Hall–Kier alpha value is -2.00. The zero-order chi connectivity index (χ0) is 14.0. The predicted molar refractivity (Wildman–Crippen MR) is 80.0 cm³/mol. The molecule has 0 bridgehead atoms. The first kappa shape index (κ1) is 13.4. The number of aliphatic hydroxyl groups is 1. The number of nitrogens with two attached hydrogens (primary N) is 1. The largest absolute Gasteiger partial charge is 0.397 e. The van der Waals surface area contributed by atoms with E-state index in [1.165, 1.54) is 0 Å². The van der Waals surface area contributed by atoms with Crippen LogP contribution in [0.15, 0.2) is 42.5 Å². The minimum Gasteiger partial charge on any atom is -0.397 e. The molecule has 2 aromatic carbocycles. The molecule has 0 radical (unpaired) electrons. The van der Waals surface area contributed by atoms with Crippen LogP contribution in [-0.2, 0) is 5.72 Å². The molecule has 4 N–H and O–H groups in total. The molecular weight excluding hydrogens is 236 g/mol. The summed E-state index contributed by atoms with van der Waals surface area (Å²) in [5, 5.41) is 13.7. The van der Waals surface area contributed by atoms with Crippen molar-refractivity contribution in [1.29, 1.82) is 0 Å². The first-order valence-corrected chi connectivity index (χ1v) is 6.33. The molecule has 0 aromatic heterocycles. The van der Waals surface area contributed by atoms with Crippen molar-refractivity contribution in [3.63, 3.8) is 0 Å². The van der Waals surface area contributed by atoms with Crippen molar-refractivity contribution in [2.75, 3.05) is 11.1 Å². The quantitative estimate of drug-likeness (QED) is 0.584. The van der Waals surface area contributed by atoms with Gasteiger partial charge in [0.15, 0.2) is 5.72 Å². The summed E-state index contributed by atoms with van der Waals surface area (Å²) in [6.07, 6.45) is 0. The van der Waals surface area contributed by atoms with Crippen molar-refractivity contribution in [1.82, 2.24) is 0 Å². The van der Waals surface area contributed by atoms with Crippen LogP contribution in [0.5, 0.6) is 0 Å². The third kappa shape index (κ3) is 2.71. The number of hydrogen-bond acceptors (Lipinski definition) is 3. The van der Waals surface area contributed by atoms with Crippen molar-refractivity contribution in [3.05, 3.63) is 59.2 Å². The van der Waals surface area contributed by atoms with E-state index in [1.807, 2.05) is 56.3 Å². The maximum absolute atomic E-state index is 10.6. The summed E-state index contributed by atoms with van der Waals surface area (Å²) in [6.45, 7) is 5.72. The Morgan fingerprint density at radius 1 is 1.05 bits per heavy atom. The van der Waals surface area contributed by atoms with Gasteiger partial charge in [-0.05, 0) is 38.0 Å². The van der Waals surface area contributed by atoms with E-state index in [0.29, 0.717) is 5.69 Å². The zero-order valence-electron chi connectivity index (χ0n) is 11.6. The van der Waals surface area contributed by atoms with Gasteiger partial charge in [-0.3, -0.25) is 0 Å². The van der Waals surface area contributed by atoms with E-state index in [9.17, 15) is 5.11 Å². The normalized spacial score (nSPS) is 13.9. The van der Waals surface area contributed by atoms with Crippen LogP contribution in [0.1, 0.15) is 23.6 Å². The Kier molecular flexibility index (Phi) is 3.49. The van der Waals surface area contributed by atoms with Crippen LogP contribution in [0.3, 0.4) is 0 Å². The van der Waals surface area contributed by atoms with Gasteiger partial charge in [0.2, 0.25) is 0 Å². The van der Waals surface area contributed by atoms with Gasteiger partial charge in [-0.1, -0.05) is 36.4 Å². The van der Waals surface area contributed by atoms with Crippen molar-refractivity contribution in [3.8, 4) is 0 Å². The number of nitrogen functional groups attached to an aromatic ring is 1. The molecule has 3 heteroatoms. The highest BCUT2D eigenvalue weighted by Gasteiger charge is 2.23. The van der Waals surface area contributed by atoms with Crippen LogP contribution in [0.4, 0.5) is 11.4 Å². The fourth-order valence-corrected chi connectivity index (χ4v) is 2.04. The van der Waals surface area contributed by atoms with Crippen LogP contribution in [0, 0.1) is 13.8 Å². The van der Waals surface area contributed by atoms with Gasteiger partial charge < -0.3 is 16.2 Å². The van der Waals surface area contributed by atoms with Gasteiger partial charge in [0, 0.05) is 5.56 Å². The summed E-state index contributed by atoms with van der Waals surface area (Å²) in [7, 11) is 0. The molecule has 0 fully saturated rings. The van der Waals surface area contributed by atoms with E-state index in [2.05, 4.69) is 5.32 Å². The molecule has 0 saturated heterocycles. The van der Waals surface area contributed by atoms with Crippen LogP contribution in [0.25, 0.3) is 0 Å². The van der Waals surface area contributed by atoms with E-state index < -0.39 is 5.72 Å². The summed E-state index contributed by atoms with van der Waals surface area (Å²) in [4.78, 5) is 0. The lowest BCUT2D eigenvalue weighted by molar-refractivity contribution is 0.0888. The Morgan fingerprint density at radius 2 is 1.68 bits per heavy atom. The van der Waals surface area contributed by atoms with Crippen LogP contribution in [0.2, 0.25) is 0 Å². The lowest BCUT2D eigenvalue weighted by Crippen LogP contribution is -2.31. The predicted octanol–water partition coefficient (Wildman–Crippen LogP) is 3.16. The van der Waals surface area contributed by atoms with Crippen LogP contribution >= 0.6 is 0 Å². The lowest BCUT2D eigenvalue weighted by atomic mass is 10.0. The third-order valence-electron chi connectivity index (χ3n) is 3.50. The molecule has 0 aliphatic rings. The number of rotatable bonds is 3. The van der Waals surface area contributed by atoms with Gasteiger partial charge in [-0.2, -0.15) is 0 Å². The highest BCUT2D eigenvalue weighted by molar-refractivity contribution is 5.72. The van der Waals surface area contributed by atoms with Crippen LogP contribution < -0.4 is 11.1 Å². The van der Waals surface area contributed by atoms with E-state index >= 15 is 0 Å².